The number of thioether (sulfide) groups is 1. The van der Waals surface area contributed by atoms with Gasteiger partial charge < -0.3 is 4.74 Å². The fourth-order valence-corrected chi connectivity index (χ4v) is 3.75. The zero-order valence-corrected chi connectivity index (χ0v) is 15.9. The third kappa shape index (κ3) is 4.03. The summed E-state index contributed by atoms with van der Waals surface area (Å²) in [6, 6.07) is 11.6. The molecule has 0 atom stereocenters. The van der Waals surface area contributed by atoms with E-state index in [1.807, 2.05) is 31.2 Å². The fourth-order valence-electron chi connectivity index (χ4n) is 2.85. The van der Waals surface area contributed by atoms with Crippen molar-refractivity contribution in [2.75, 3.05) is 12.4 Å². The number of ether oxygens (including phenoxy) is 1. The summed E-state index contributed by atoms with van der Waals surface area (Å²) in [4.78, 5) is 16.7. The molecule has 2 heterocycles. The third-order valence-electron chi connectivity index (χ3n) is 4.32. The molecule has 0 aliphatic heterocycles. The predicted octanol–water partition coefficient (Wildman–Crippen LogP) is 4.05. The maximum atomic E-state index is 12.5. The first-order valence-electron chi connectivity index (χ1n) is 9.00. The molecule has 0 bridgehead atoms. The summed E-state index contributed by atoms with van der Waals surface area (Å²) in [5.41, 5.74) is 1.62. The van der Waals surface area contributed by atoms with E-state index in [0.717, 1.165) is 35.1 Å². The highest BCUT2D eigenvalue weighted by Crippen LogP contribution is 2.41. The highest BCUT2D eigenvalue weighted by Gasteiger charge is 2.30. The number of nitrogens with zero attached hydrogens (tertiary/aromatic N) is 4. The van der Waals surface area contributed by atoms with Gasteiger partial charge in [0.1, 0.15) is 5.75 Å². The van der Waals surface area contributed by atoms with E-state index < -0.39 is 0 Å². The van der Waals surface area contributed by atoms with E-state index in [0.29, 0.717) is 24.0 Å². The lowest BCUT2D eigenvalue weighted by Gasteiger charge is -2.08. The summed E-state index contributed by atoms with van der Waals surface area (Å²) in [7, 11) is 0. The molecule has 0 amide bonds. The van der Waals surface area contributed by atoms with Crippen molar-refractivity contribution in [2.45, 2.75) is 31.0 Å². The summed E-state index contributed by atoms with van der Waals surface area (Å²) < 4.78 is 7.57. The van der Waals surface area contributed by atoms with Gasteiger partial charge in [0.25, 0.3) is 0 Å². The largest absolute Gasteiger partial charge is 0.494 e. The van der Waals surface area contributed by atoms with E-state index in [1.54, 1.807) is 24.5 Å². The fraction of sp³-hybridized carbons (Fsp3) is 0.300. The molecule has 138 valence electrons. The van der Waals surface area contributed by atoms with Crippen LogP contribution in [0.5, 0.6) is 5.75 Å². The second kappa shape index (κ2) is 7.92. The van der Waals surface area contributed by atoms with E-state index >= 15 is 0 Å². The number of hydrogen-bond donors (Lipinski definition) is 0. The van der Waals surface area contributed by atoms with Gasteiger partial charge in [-0.25, -0.2) is 0 Å². The summed E-state index contributed by atoms with van der Waals surface area (Å²) >= 11 is 1.44. The number of pyridine rings is 1. The summed E-state index contributed by atoms with van der Waals surface area (Å²) in [6.45, 7) is 2.55. The van der Waals surface area contributed by atoms with Crippen LogP contribution in [0.4, 0.5) is 0 Å². The highest BCUT2D eigenvalue weighted by molar-refractivity contribution is 7.99. The summed E-state index contributed by atoms with van der Waals surface area (Å²) in [6.07, 6.45) is 5.77. The second-order valence-electron chi connectivity index (χ2n) is 6.32. The van der Waals surface area contributed by atoms with Crippen LogP contribution in [0.15, 0.2) is 53.9 Å². The minimum absolute atomic E-state index is 0.0660. The first-order valence-corrected chi connectivity index (χ1v) is 9.99. The quantitative estimate of drug-likeness (QED) is 0.434. The minimum atomic E-state index is 0.0660. The summed E-state index contributed by atoms with van der Waals surface area (Å²) in [5, 5.41) is 9.48. The average molecular weight is 380 g/mol. The number of rotatable bonds is 8. The van der Waals surface area contributed by atoms with E-state index in [9.17, 15) is 4.79 Å². The highest BCUT2D eigenvalue weighted by atomic mass is 32.2. The molecule has 1 aromatic carbocycles. The van der Waals surface area contributed by atoms with Crippen LogP contribution in [0.3, 0.4) is 0 Å². The van der Waals surface area contributed by atoms with Crippen LogP contribution in [0.2, 0.25) is 0 Å². The van der Waals surface area contributed by atoms with Gasteiger partial charge in [-0.05, 0) is 56.2 Å². The molecule has 0 spiro atoms. The number of aromatic nitrogens is 4. The van der Waals surface area contributed by atoms with Crippen LogP contribution in [-0.2, 0) is 0 Å². The SMILES string of the molecule is CCOc1ccc(C(=O)CSc2nnc(-c3cccnc3)n2C2CC2)cc1. The molecule has 2 aromatic heterocycles. The van der Waals surface area contributed by atoms with Crippen molar-refractivity contribution >= 4 is 17.5 Å². The van der Waals surface area contributed by atoms with Crippen LogP contribution >= 0.6 is 11.8 Å². The Balaban J connectivity index is 1.48. The molecule has 0 N–H and O–H groups in total. The van der Waals surface area contributed by atoms with Crippen molar-refractivity contribution in [2.24, 2.45) is 0 Å². The molecule has 1 fully saturated rings. The van der Waals surface area contributed by atoms with Crippen molar-refractivity contribution in [1.82, 2.24) is 19.7 Å². The Morgan fingerprint density at radius 3 is 2.70 bits per heavy atom. The Hall–Kier alpha value is -2.67. The molecule has 1 aliphatic rings. The van der Waals surface area contributed by atoms with Gasteiger partial charge in [0.15, 0.2) is 16.8 Å². The Labute approximate surface area is 162 Å². The molecule has 6 nitrogen and oxygen atoms in total. The Kier molecular flexibility index (Phi) is 5.20. The first kappa shape index (κ1) is 17.7. The lowest BCUT2D eigenvalue weighted by atomic mass is 10.1. The molecule has 0 radical (unpaired) electrons. The molecular weight excluding hydrogens is 360 g/mol. The molecule has 1 aliphatic carbocycles. The topological polar surface area (TPSA) is 69.9 Å². The van der Waals surface area contributed by atoms with Gasteiger partial charge in [-0.1, -0.05) is 11.8 Å². The standard InChI is InChI=1S/C20H20N4O2S/c1-2-26-17-9-5-14(6-10-17)18(25)13-27-20-23-22-19(24(20)16-7-8-16)15-4-3-11-21-12-15/h3-6,9-12,16H,2,7-8,13H2,1H3. The van der Waals surface area contributed by atoms with E-state index in [2.05, 4.69) is 19.7 Å². The van der Waals surface area contributed by atoms with Gasteiger partial charge in [-0.3, -0.25) is 14.3 Å². The van der Waals surface area contributed by atoms with Crippen molar-refractivity contribution < 1.29 is 9.53 Å². The number of benzene rings is 1. The van der Waals surface area contributed by atoms with Gasteiger partial charge in [0, 0.05) is 29.6 Å². The maximum Gasteiger partial charge on any atom is 0.192 e. The van der Waals surface area contributed by atoms with Crippen molar-refractivity contribution in [3.05, 3.63) is 54.4 Å². The predicted molar refractivity (Wildman–Crippen MR) is 104 cm³/mol. The van der Waals surface area contributed by atoms with Gasteiger partial charge >= 0.3 is 0 Å². The number of carbonyl (C=O) groups excluding carboxylic acids is 1. The average Bonchev–Trinajstić information content (AvgIpc) is 3.46. The van der Waals surface area contributed by atoms with Crippen molar-refractivity contribution in [3.63, 3.8) is 0 Å². The van der Waals surface area contributed by atoms with Crippen LogP contribution in [-0.4, -0.2) is 37.9 Å². The minimum Gasteiger partial charge on any atom is -0.494 e. The van der Waals surface area contributed by atoms with E-state index in [4.69, 9.17) is 4.74 Å². The Morgan fingerprint density at radius 2 is 2.04 bits per heavy atom. The maximum absolute atomic E-state index is 12.5. The zero-order valence-electron chi connectivity index (χ0n) is 15.0. The van der Waals surface area contributed by atoms with Gasteiger partial charge in [0.2, 0.25) is 0 Å². The van der Waals surface area contributed by atoms with Crippen LogP contribution < -0.4 is 4.74 Å². The van der Waals surface area contributed by atoms with Crippen LogP contribution in [0.25, 0.3) is 11.4 Å². The third-order valence-corrected chi connectivity index (χ3v) is 5.26. The molecule has 0 unspecified atom stereocenters. The molecule has 3 aromatic rings. The molecule has 4 rings (SSSR count). The monoisotopic (exact) mass is 380 g/mol. The molecule has 1 saturated carbocycles. The first-order chi connectivity index (χ1) is 13.3. The number of Topliss-reactive ketones (excluding diaryl/α,β-unsaturated/α-hetero) is 1. The smallest absolute Gasteiger partial charge is 0.192 e. The Bertz CT molecular complexity index is 921. The van der Waals surface area contributed by atoms with Crippen LogP contribution in [0.1, 0.15) is 36.2 Å². The second-order valence-corrected chi connectivity index (χ2v) is 7.26. The number of hydrogen-bond acceptors (Lipinski definition) is 6. The van der Waals surface area contributed by atoms with Crippen molar-refractivity contribution in [1.29, 1.82) is 0 Å². The lowest BCUT2D eigenvalue weighted by Crippen LogP contribution is -2.05. The Morgan fingerprint density at radius 1 is 1.22 bits per heavy atom. The number of ketones is 1. The van der Waals surface area contributed by atoms with Crippen LogP contribution in [0, 0.1) is 0 Å². The molecule has 0 saturated heterocycles. The molecule has 27 heavy (non-hydrogen) atoms. The molecular formula is C20H20N4O2S. The van der Waals surface area contributed by atoms with E-state index in [-0.39, 0.29) is 5.78 Å². The number of carbonyl (C=O) groups is 1. The van der Waals surface area contributed by atoms with Gasteiger partial charge in [0.05, 0.1) is 12.4 Å². The van der Waals surface area contributed by atoms with E-state index in [1.165, 1.54) is 11.8 Å². The normalized spacial score (nSPS) is 13.5. The summed E-state index contributed by atoms with van der Waals surface area (Å²) in [5.74, 6) is 1.99. The zero-order chi connectivity index (χ0) is 18.6. The molecule has 7 heteroatoms. The van der Waals surface area contributed by atoms with Crippen molar-refractivity contribution in [3.8, 4) is 17.1 Å². The lowest BCUT2D eigenvalue weighted by molar-refractivity contribution is 0.102. The van der Waals surface area contributed by atoms with Gasteiger partial charge in [-0.2, -0.15) is 0 Å². The van der Waals surface area contributed by atoms with Gasteiger partial charge in [-0.15, -0.1) is 10.2 Å².